The molecule has 2 fully saturated rings. The number of carbonyl (C=O) groups is 1. The summed E-state index contributed by atoms with van der Waals surface area (Å²) in [7, 11) is 1.96. The molecule has 1 heterocycles. The van der Waals surface area contributed by atoms with E-state index in [1.807, 2.05) is 11.9 Å². The first kappa shape index (κ1) is 11.9. The van der Waals surface area contributed by atoms with E-state index in [9.17, 15) is 4.79 Å². The van der Waals surface area contributed by atoms with Crippen molar-refractivity contribution in [3.8, 4) is 0 Å². The molecule has 1 amide bonds. The summed E-state index contributed by atoms with van der Waals surface area (Å²) in [4.78, 5) is 13.8. The second-order valence-corrected chi connectivity index (χ2v) is 5.32. The maximum Gasteiger partial charge on any atom is 0.225 e. The van der Waals surface area contributed by atoms with E-state index in [-0.39, 0.29) is 0 Å². The predicted molar refractivity (Wildman–Crippen MR) is 65.2 cm³/mol. The molecule has 1 aliphatic heterocycles. The number of nitrogens with zero attached hydrogens (tertiary/aromatic N) is 1. The molecule has 1 saturated carbocycles. The van der Waals surface area contributed by atoms with Gasteiger partial charge in [0.15, 0.2) is 0 Å². The van der Waals surface area contributed by atoms with Crippen LogP contribution in [0, 0.1) is 5.92 Å². The van der Waals surface area contributed by atoms with Gasteiger partial charge in [0.25, 0.3) is 0 Å². The summed E-state index contributed by atoms with van der Waals surface area (Å²) in [6.07, 6.45) is 8.54. The quantitative estimate of drug-likeness (QED) is 0.789. The van der Waals surface area contributed by atoms with E-state index in [1.54, 1.807) is 0 Å². The number of carbonyl (C=O) groups excluding carboxylic acids is 1. The topological polar surface area (TPSA) is 32.3 Å². The van der Waals surface area contributed by atoms with E-state index in [1.165, 1.54) is 25.7 Å². The number of nitrogens with one attached hydrogen (secondary N) is 1. The van der Waals surface area contributed by atoms with Gasteiger partial charge in [-0.3, -0.25) is 4.79 Å². The summed E-state index contributed by atoms with van der Waals surface area (Å²) in [5, 5.41) is 3.53. The van der Waals surface area contributed by atoms with Crippen LogP contribution in [0.5, 0.6) is 0 Å². The molecule has 2 aliphatic rings. The van der Waals surface area contributed by atoms with Gasteiger partial charge in [-0.1, -0.05) is 12.8 Å². The van der Waals surface area contributed by atoms with E-state index in [0.717, 1.165) is 32.4 Å². The Labute approximate surface area is 98.6 Å². The lowest BCUT2D eigenvalue weighted by molar-refractivity contribution is -0.136. The zero-order chi connectivity index (χ0) is 11.4. The summed E-state index contributed by atoms with van der Waals surface area (Å²) in [6, 6.07) is 0.644. The van der Waals surface area contributed by atoms with Gasteiger partial charge in [0, 0.05) is 25.6 Å². The van der Waals surface area contributed by atoms with E-state index in [2.05, 4.69) is 5.32 Å². The zero-order valence-corrected chi connectivity index (χ0v) is 10.4. The Morgan fingerprint density at radius 1 is 1.25 bits per heavy atom. The predicted octanol–water partition coefficient (Wildman–Crippen LogP) is 1.78. The second kappa shape index (κ2) is 5.67. The smallest absolute Gasteiger partial charge is 0.225 e. The van der Waals surface area contributed by atoms with Crippen molar-refractivity contribution in [2.45, 2.75) is 51.0 Å². The normalized spacial score (nSPS) is 26.2. The van der Waals surface area contributed by atoms with Crippen LogP contribution < -0.4 is 5.32 Å². The Kier molecular flexibility index (Phi) is 4.22. The highest BCUT2D eigenvalue weighted by molar-refractivity contribution is 5.79. The lowest BCUT2D eigenvalue weighted by atomic mass is 9.84. The van der Waals surface area contributed by atoms with Crippen molar-refractivity contribution in [1.82, 2.24) is 10.2 Å². The first-order valence-electron chi connectivity index (χ1n) is 6.76. The third kappa shape index (κ3) is 2.97. The fourth-order valence-electron chi connectivity index (χ4n) is 2.60. The monoisotopic (exact) mass is 224 g/mol. The molecule has 1 atom stereocenters. The van der Waals surface area contributed by atoms with Crippen LogP contribution in [-0.2, 0) is 4.79 Å². The Hall–Kier alpha value is -0.570. The molecule has 0 spiro atoms. The highest BCUT2D eigenvalue weighted by Crippen LogP contribution is 2.28. The van der Waals surface area contributed by atoms with Gasteiger partial charge >= 0.3 is 0 Å². The maximum atomic E-state index is 11.9. The molecule has 92 valence electrons. The zero-order valence-electron chi connectivity index (χ0n) is 10.4. The minimum Gasteiger partial charge on any atom is -0.345 e. The molecule has 0 aromatic rings. The van der Waals surface area contributed by atoms with E-state index in [0.29, 0.717) is 17.9 Å². The van der Waals surface area contributed by atoms with Crippen LogP contribution in [-0.4, -0.2) is 37.0 Å². The van der Waals surface area contributed by atoms with Gasteiger partial charge in [-0.15, -0.1) is 0 Å². The maximum absolute atomic E-state index is 11.9. The van der Waals surface area contributed by atoms with E-state index >= 15 is 0 Å². The van der Waals surface area contributed by atoms with Gasteiger partial charge < -0.3 is 10.2 Å². The van der Waals surface area contributed by atoms with Gasteiger partial charge in [-0.25, -0.2) is 0 Å². The Balaban J connectivity index is 1.65. The first-order chi connectivity index (χ1) is 7.77. The highest BCUT2D eigenvalue weighted by atomic mass is 16.2. The third-order valence-electron chi connectivity index (χ3n) is 4.06. The van der Waals surface area contributed by atoms with Gasteiger partial charge in [0.2, 0.25) is 5.91 Å². The minimum atomic E-state index is 0.351. The minimum absolute atomic E-state index is 0.351. The van der Waals surface area contributed by atoms with Crippen LogP contribution >= 0.6 is 0 Å². The summed E-state index contributed by atoms with van der Waals surface area (Å²) >= 11 is 0. The van der Waals surface area contributed by atoms with E-state index < -0.39 is 0 Å². The molecule has 3 heteroatoms. The van der Waals surface area contributed by atoms with Crippen molar-refractivity contribution in [3.63, 3.8) is 0 Å². The van der Waals surface area contributed by atoms with Crippen molar-refractivity contribution in [3.05, 3.63) is 0 Å². The Morgan fingerprint density at radius 2 is 2.06 bits per heavy atom. The molecular weight excluding hydrogens is 200 g/mol. The number of piperidine rings is 1. The van der Waals surface area contributed by atoms with E-state index in [4.69, 9.17) is 0 Å². The molecule has 0 bridgehead atoms. The van der Waals surface area contributed by atoms with Crippen LogP contribution in [0.15, 0.2) is 0 Å². The first-order valence-corrected chi connectivity index (χ1v) is 6.76. The van der Waals surface area contributed by atoms with Crippen LogP contribution in [0.25, 0.3) is 0 Å². The molecule has 1 aliphatic carbocycles. The molecular formula is C13H24N2O. The number of rotatable bonds is 4. The van der Waals surface area contributed by atoms with Crippen LogP contribution in [0.4, 0.5) is 0 Å². The fraction of sp³-hybridized carbons (Fsp3) is 0.923. The van der Waals surface area contributed by atoms with Crippen molar-refractivity contribution < 1.29 is 4.79 Å². The third-order valence-corrected chi connectivity index (χ3v) is 4.06. The average molecular weight is 224 g/mol. The molecule has 16 heavy (non-hydrogen) atoms. The number of hydrogen-bond donors (Lipinski definition) is 1. The molecule has 0 aromatic heterocycles. The molecule has 0 radical (unpaired) electrons. The van der Waals surface area contributed by atoms with Crippen molar-refractivity contribution in [2.75, 3.05) is 20.1 Å². The summed E-state index contributed by atoms with van der Waals surface area (Å²) in [6.45, 7) is 2.08. The summed E-state index contributed by atoms with van der Waals surface area (Å²) in [5.74, 6) is 0.728. The summed E-state index contributed by atoms with van der Waals surface area (Å²) < 4.78 is 0. The molecule has 1 N–H and O–H groups in total. The molecule has 1 unspecified atom stereocenters. The fourth-order valence-corrected chi connectivity index (χ4v) is 2.60. The largest absolute Gasteiger partial charge is 0.345 e. The average Bonchev–Trinajstić information content (AvgIpc) is 2.25. The van der Waals surface area contributed by atoms with Crippen molar-refractivity contribution >= 4 is 5.91 Å². The lowest BCUT2D eigenvalue weighted by Gasteiger charge is -2.31. The van der Waals surface area contributed by atoms with Gasteiger partial charge in [0.05, 0.1) is 0 Å². The van der Waals surface area contributed by atoms with Gasteiger partial charge in [0.1, 0.15) is 0 Å². The van der Waals surface area contributed by atoms with Crippen LogP contribution in [0.1, 0.15) is 44.9 Å². The molecule has 2 rings (SSSR count). The summed E-state index contributed by atoms with van der Waals surface area (Å²) in [5.41, 5.74) is 0. The van der Waals surface area contributed by atoms with Gasteiger partial charge in [-0.05, 0) is 38.6 Å². The molecule has 0 aromatic carbocycles. The number of hydrogen-bond acceptors (Lipinski definition) is 2. The van der Waals surface area contributed by atoms with Crippen LogP contribution in [0.2, 0.25) is 0 Å². The SMILES string of the molecule is CN(CCC1CCCCN1)C(=O)C1CCC1. The van der Waals surface area contributed by atoms with Crippen LogP contribution in [0.3, 0.4) is 0 Å². The van der Waals surface area contributed by atoms with Gasteiger partial charge in [-0.2, -0.15) is 0 Å². The second-order valence-electron chi connectivity index (χ2n) is 5.32. The molecule has 3 nitrogen and oxygen atoms in total. The highest BCUT2D eigenvalue weighted by Gasteiger charge is 2.27. The Bertz CT molecular complexity index is 232. The Morgan fingerprint density at radius 3 is 2.62 bits per heavy atom. The van der Waals surface area contributed by atoms with Crippen molar-refractivity contribution in [2.24, 2.45) is 5.92 Å². The standard InChI is InChI=1S/C13H24N2O/c1-15(13(16)11-5-4-6-11)10-8-12-7-2-3-9-14-12/h11-12,14H,2-10H2,1H3. The number of amides is 1. The lowest BCUT2D eigenvalue weighted by Crippen LogP contribution is -2.40. The van der Waals surface area contributed by atoms with Crippen molar-refractivity contribution in [1.29, 1.82) is 0 Å². The molecule has 1 saturated heterocycles.